The first-order valence-corrected chi connectivity index (χ1v) is 16.2. The minimum absolute atomic E-state index is 0.00681. The van der Waals surface area contributed by atoms with E-state index in [2.05, 4.69) is 44.8 Å². The topological polar surface area (TPSA) is 84.7 Å². The molecule has 6 heteroatoms. The van der Waals surface area contributed by atoms with Crippen LogP contribution in [0.25, 0.3) is 4.85 Å². The number of hydrogen-bond donors (Lipinski definition) is 1. The monoisotopic (exact) mass is 572 g/mol. The second-order valence-electron chi connectivity index (χ2n) is 16.8. The van der Waals surface area contributed by atoms with E-state index < -0.39 is 16.2 Å². The first-order chi connectivity index (χ1) is 19.5. The minimum Gasteiger partial charge on any atom is -0.349 e. The molecule has 1 amide bonds. The molecule has 0 spiro atoms. The molecule has 0 bridgehead atoms. The maximum atomic E-state index is 14.6. The fraction of sp³-hybridized carbons (Fsp3) is 0.750. The van der Waals surface area contributed by atoms with Gasteiger partial charge >= 0.3 is 0 Å². The highest BCUT2D eigenvalue weighted by Crippen LogP contribution is 2.74. The molecule has 7 atom stereocenters. The predicted octanol–water partition coefficient (Wildman–Crippen LogP) is 6.65. The lowest BCUT2D eigenvalue weighted by atomic mass is 9.34. The summed E-state index contributed by atoms with van der Waals surface area (Å²) in [5.41, 5.74) is -1.17. The van der Waals surface area contributed by atoms with Gasteiger partial charge in [-0.2, -0.15) is 0 Å². The number of nitrogens with zero attached hydrogens (tertiary/aromatic N) is 1. The zero-order chi connectivity index (χ0) is 30.7. The smallest absolute Gasteiger partial charge is 0.226 e. The van der Waals surface area contributed by atoms with E-state index in [9.17, 15) is 19.2 Å². The summed E-state index contributed by atoms with van der Waals surface area (Å²) in [5, 5.41) is 2.95. The van der Waals surface area contributed by atoms with Crippen molar-refractivity contribution in [2.75, 3.05) is 6.54 Å². The highest BCUT2D eigenvalue weighted by atomic mass is 16.2. The molecule has 226 valence electrons. The zero-order valence-electron chi connectivity index (χ0n) is 26.6. The molecule has 0 saturated heterocycles. The van der Waals surface area contributed by atoms with Gasteiger partial charge in [-0.3, -0.25) is 14.4 Å². The molecule has 0 unspecified atom stereocenters. The van der Waals surface area contributed by atoms with E-state index in [4.69, 9.17) is 6.57 Å². The number of allylic oxidation sites excluding steroid dienone is 4. The van der Waals surface area contributed by atoms with Crippen LogP contribution in [-0.2, 0) is 19.2 Å². The van der Waals surface area contributed by atoms with Gasteiger partial charge in [-0.05, 0) is 91.9 Å². The largest absolute Gasteiger partial charge is 0.349 e. The van der Waals surface area contributed by atoms with E-state index in [1.807, 2.05) is 26.0 Å². The van der Waals surface area contributed by atoms with Crippen molar-refractivity contribution in [3.63, 3.8) is 0 Å². The lowest BCUT2D eigenvalue weighted by Crippen LogP contribution is -2.66. The average molecular weight is 573 g/mol. The molecule has 6 aliphatic rings. The van der Waals surface area contributed by atoms with Crippen molar-refractivity contribution in [1.29, 1.82) is 0 Å². The second-order valence-corrected chi connectivity index (χ2v) is 16.8. The molecule has 4 saturated carbocycles. The third-order valence-corrected chi connectivity index (χ3v) is 13.8. The summed E-state index contributed by atoms with van der Waals surface area (Å²) in [6.07, 6.45) is 11.4. The van der Waals surface area contributed by atoms with E-state index in [1.165, 1.54) is 0 Å². The van der Waals surface area contributed by atoms with Crippen LogP contribution in [0.3, 0.4) is 0 Å². The van der Waals surface area contributed by atoms with Gasteiger partial charge in [0.15, 0.2) is 17.3 Å². The normalized spacial score (nSPS) is 43.3. The van der Waals surface area contributed by atoms with Crippen LogP contribution in [0.1, 0.15) is 106 Å². The second kappa shape index (κ2) is 8.99. The number of nitrogens with one attached hydrogen (secondary N) is 1. The highest BCUT2D eigenvalue weighted by Gasteiger charge is 2.70. The number of carbonyl (C=O) groups is 4. The van der Waals surface area contributed by atoms with E-state index in [0.29, 0.717) is 0 Å². The van der Waals surface area contributed by atoms with Crippen LogP contribution in [0.2, 0.25) is 0 Å². The molecule has 6 rings (SSSR count). The van der Waals surface area contributed by atoms with E-state index in [0.717, 1.165) is 63.4 Å². The van der Waals surface area contributed by atoms with Crippen molar-refractivity contribution in [1.82, 2.24) is 5.32 Å². The van der Waals surface area contributed by atoms with Crippen LogP contribution in [-0.4, -0.2) is 29.8 Å². The average Bonchev–Trinajstić information content (AvgIpc) is 3.76. The van der Waals surface area contributed by atoms with Gasteiger partial charge in [0.1, 0.15) is 0 Å². The number of Topliss-reactive ketones (excluding diaryl/α,β-unsaturated/α-hetero) is 2. The molecule has 1 N–H and O–H groups in total. The summed E-state index contributed by atoms with van der Waals surface area (Å²) < 4.78 is 0. The predicted molar refractivity (Wildman–Crippen MR) is 161 cm³/mol. The Labute approximate surface area is 251 Å². The molecule has 0 aromatic heterocycles. The number of fused-ring (bicyclic) bond motifs is 7. The Morgan fingerprint density at radius 2 is 1.62 bits per heavy atom. The Hall–Kier alpha value is -2.55. The Balaban J connectivity index is 1.44. The molecule has 6 aliphatic carbocycles. The minimum atomic E-state index is -0.682. The van der Waals surface area contributed by atoms with Gasteiger partial charge in [0.2, 0.25) is 11.6 Å². The molecule has 6 nitrogen and oxygen atoms in total. The summed E-state index contributed by atoms with van der Waals surface area (Å²) >= 11 is 0. The third-order valence-electron chi connectivity index (χ3n) is 13.8. The molecule has 4 fully saturated rings. The molecule has 0 radical (unpaired) electrons. The van der Waals surface area contributed by atoms with Crippen LogP contribution < -0.4 is 5.32 Å². The number of carbonyl (C=O) groups excluding carboxylic acids is 4. The van der Waals surface area contributed by atoms with Crippen LogP contribution in [0, 0.1) is 62.7 Å². The van der Waals surface area contributed by atoms with Gasteiger partial charge in [-0.15, -0.1) is 0 Å². The lowest BCUT2D eigenvalue weighted by molar-refractivity contribution is -0.177. The lowest BCUT2D eigenvalue weighted by Gasteiger charge is -2.69. The summed E-state index contributed by atoms with van der Waals surface area (Å²) in [6, 6.07) is 0. The van der Waals surface area contributed by atoms with Crippen LogP contribution in [0.4, 0.5) is 0 Å². The van der Waals surface area contributed by atoms with Crippen molar-refractivity contribution < 1.29 is 19.2 Å². The van der Waals surface area contributed by atoms with Gasteiger partial charge in [0.25, 0.3) is 0 Å². The van der Waals surface area contributed by atoms with Gasteiger partial charge in [0.05, 0.1) is 13.1 Å². The quantitative estimate of drug-likeness (QED) is 0.382. The maximum absolute atomic E-state index is 14.6. The van der Waals surface area contributed by atoms with Crippen molar-refractivity contribution >= 4 is 23.3 Å². The van der Waals surface area contributed by atoms with Crippen molar-refractivity contribution in [2.24, 2.45) is 56.2 Å². The number of amides is 1. The van der Waals surface area contributed by atoms with E-state index in [1.54, 1.807) is 0 Å². The van der Waals surface area contributed by atoms with Crippen LogP contribution in [0.5, 0.6) is 0 Å². The molecular weight excluding hydrogens is 524 g/mol. The Morgan fingerprint density at radius 1 is 0.952 bits per heavy atom. The molecule has 0 heterocycles. The summed E-state index contributed by atoms with van der Waals surface area (Å²) in [5.74, 6) is -0.142. The molecule has 0 aromatic rings. The van der Waals surface area contributed by atoms with Crippen molar-refractivity contribution in [3.8, 4) is 0 Å². The maximum Gasteiger partial charge on any atom is 0.226 e. The summed E-state index contributed by atoms with van der Waals surface area (Å²) in [4.78, 5) is 58.2. The SMILES string of the molecule is [C-]#[N+]C1=C[C@]2(C)C3=CC(=O)[C@@H]4[C@@H]5CC(C)(C)CC[C@]5(C(=O)CNC(=O)C5CC5)CC[C@@]4(C)[C@]3(C)CC[C@H]2C(C)(C)C1=O. The molecule has 42 heavy (non-hydrogen) atoms. The molecule has 0 aliphatic heterocycles. The van der Waals surface area contributed by atoms with Crippen molar-refractivity contribution in [3.05, 3.63) is 34.8 Å². The zero-order valence-corrected chi connectivity index (χ0v) is 26.6. The summed E-state index contributed by atoms with van der Waals surface area (Å²) in [7, 11) is 0. The van der Waals surface area contributed by atoms with Gasteiger partial charge in [-0.1, -0.05) is 60.1 Å². The number of ketones is 3. The van der Waals surface area contributed by atoms with E-state index >= 15 is 0 Å². The Bertz CT molecular complexity index is 1390. The fourth-order valence-electron chi connectivity index (χ4n) is 10.9. The highest BCUT2D eigenvalue weighted by molar-refractivity contribution is 6.03. The van der Waals surface area contributed by atoms with Crippen molar-refractivity contribution in [2.45, 2.75) is 106 Å². The van der Waals surface area contributed by atoms with Gasteiger partial charge in [0, 0.05) is 28.1 Å². The van der Waals surface area contributed by atoms with E-state index in [-0.39, 0.29) is 75.4 Å². The first kappa shape index (κ1) is 29.5. The number of hydrogen-bond acceptors (Lipinski definition) is 4. The Kier molecular flexibility index (Phi) is 6.32. The molecular formula is C36H48N2O4. The standard InChI is InChI=1S/C36H48N2O4/c1-31(2)13-15-36(27(40)20-38-30(42)21-9-10-21)16-14-35(7)28(22(36)18-31)24(39)17-26-33(5)19-23(37-8)29(41)32(3,4)25(33)11-12-34(26,35)6/h17,19,21-22,25,28H,9-16,18,20H2,1-7H3,(H,38,42)/t22-,25-,28-,33-,34+,35+,36-/m0/s1. The molecule has 0 aromatic carbocycles. The summed E-state index contributed by atoms with van der Waals surface area (Å²) in [6.45, 7) is 23.1. The third kappa shape index (κ3) is 3.80. The van der Waals surface area contributed by atoms with Crippen LogP contribution >= 0.6 is 0 Å². The Morgan fingerprint density at radius 3 is 2.26 bits per heavy atom. The first-order valence-electron chi connectivity index (χ1n) is 16.2. The van der Waals surface area contributed by atoms with Gasteiger partial charge < -0.3 is 10.1 Å². The van der Waals surface area contributed by atoms with Gasteiger partial charge in [-0.25, -0.2) is 4.85 Å². The van der Waals surface area contributed by atoms with Crippen LogP contribution in [0.15, 0.2) is 23.4 Å². The fourth-order valence-corrected chi connectivity index (χ4v) is 10.9. The number of rotatable bonds is 4.